The van der Waals surface area contributed by atoms with E-state index in [-0.39, 0.29) is 28.6 Å². The number of nitrogens with zero attached hydrogens (tertiary/aromatic N) is 4. The van der Waals surface area contributed by atoms with Crippen LogP contribution in [0.15, 0.2) is 59.8 Å². The Morgan fingerprint density at radius 1 is 1.10 bits per heavy atom. The minimum Gasteiger partial charge on any atom is -0.272 e. The number of para-hydroxylation sites is 1. The number of carbonyl (C=O) groups excluding carboxylic acids is 1. The van der Waals surface area contributed by atoms with E-state index in [0.29, 0.717) is 6.42 Å². The van der Waals surface area contributed by atoms with E-state index in [9.17, 15) is 9.18 Å². The Morgan fingerprint density at radius 3 is 2.66 bits per heavy atom. The van der Waals surface area contributed by atoms with Crippen LogP contribution >= 0.6 is 0 Å². The number of amides is 1. The number of hydrogen-bond donors (Lipinski definition) is 0. The summed E-state index contributed by atoms with van der Waals surface area (Å²) in [5.74, 6) is -0.147. The van der Waals surface area contributed by atoms with Crippen molar-refractivity contribution in [2.45, 2.75) is 38.3 Å². The Morgan fingerprint density at radius 2 is 1.86 bits per heavy atom. The summed E-state index contributed by atoms with van der Waals surface area (Å²) in [6.07, 6.45) is 7.08. The monoisotopic (exact) mass is 388 g/mol. The first-order chi connectivity index (χ1) is 14.1. The van der Waals surface area contributed by atoms with Gasteiger partial charge in [-0.1, -0.05) is 30.3 Å². The van der Waals surface area contributed by atoms with Crippen LogP contribution in [0.3, 0.4) is 0 Å². The molecular weight excluding hydrogens is 367 g/mol. The topological polar surface area (TPSA) is 50.5 Å². The molecular formula is C23H21FN4O. The zero-order valence-corrected chi connectivity index (χ0v) is 16.0. The molecule has 1 aliphatic heterocycles. The van der Waals surface area contributed by atoms with Crippen LogP contribution in [0, 0.1) is 16.6 Å². The van der Waals surface area contributed by atoms with Crippen molar-refractivity contribution in [1.82, 2.24) is 14.8 Å². The lowest BCUT2D eigenvalue weighted by Gasteiger charge is -2.69. The highest BCUT2D eigenvalue weighted by Crippen LogP contribution is 2.74. The molecule has 0 radical (unpaired) electrons. The molecule has 3 aromatic rings. The standard InChI is InChI=1S/C23H21FN4O/c24-18-7-5-16(6-8-18)20-9-10-25-28(20)21(29)23-12-22(13-23,14-23)15-27-19-4-2-1-3-17(19)11-26-27/h1-8,10-11,20H,9,12-15H2. The van der Waals surface area contributed by atoms with Gasteiger partial charge in [0, 0.05) is 24.6 Å². The third kappa shape index (κ3) is 2.41. The summed E-state index contributed by atoms with van der Waals surface area (Å²) in [6.45, 7) is 0.861. The predicted molar refractivity (Wildman–Crippen MR) is 108 cm³/mol. The minimum absolute atomic E-state index is 0.118. The maximum absolute atomic E-state index is 13.3. The van der Waals surface area contributed by atoms with E-state index >= 15 is 0 Å². The summed E-state index contributed by atoms with van der Waals surface area (Å²) in [7, 11) is 0. The van der Waals surface area contributed by atoms with E-state index in [1.807, 2.05) is 18.3 Å². The van der Waals surface area contributed by atoms with E-state index in [0.717, 1.165) is 42.3 Å². The van der Waals surface area contributed by atoms with Gasteiger partial charge in [0.1, 0.15) is 5.82 Å². The molecule has 146 valence electrons. The highest BCUT2D eigenvalue weighted by Gasteiger charge is 2.72. The first-order valence-electron chi connectivity index (χ1n) is 10.1. The number of fused-ring (bicyclic) bond motifs is 1. The lowest BCUT2D eigenvalue weighted by molar-refractivity contribution is -0.223. The molecule has 0 N–H and O–H groups in total. The van der Waals surface area contributed by atoms with Gasteiger partial charge in [-0.15, -0.1) is 0 Å². The molecule has 2 heterocycles. The van der Waals surface area contributed by atoms with Crippen LogP contribution in [0.5, 0.6) is 0 Å². The maximum Gasteiger partial charge on any atom is 0.249 e. The molecule has 2 aromatic carbocycles. The van der Waals surface area contributed by atoms with Gasteiger partial charge >= 0.3 is 0 Å². The van der Waals surface area contributed by atoms with E-state index in [1.54, 1.807) is 23.4 Å². The molecule has 6 heteroatoms. The van der Waals surface area contributed by atoms with Gasteiger partial charge in [0.25, 0.3) is 0 Å². The van der Waals surface area contributed by atoms with Crippen molar-refractivity contribution in [3.63, 3.8) is 0 Å². The second kappa shape index (κ2) is 5.75. The summed E-state index contributed by atoms with van der Waals surface area (Å²) in [5, 5.41) is 11.7. The van der Waals surface area contributed by atoms with Crippen molar-refractivity contribution in [2.75, 3.05) is 0 Å². The fourth-order valence-corrected chi connectivity index (χ4v) is 5.68. The Kier molecular flexibility index (Phi) is 3.35. The summed E-state index contributed by atoms with van der Waals surface area (Å²) >= 11 is 0. The number of hydrogen-bond acceptors (Lipinski definition) is 3. The van der Waals surface area contributed by atoms with Gasteiger partial charge in [-0.05, 0) is 48.4 Å². The Labute approximate surface area is 167 Å². The molecule has 4 aliphatic rings. The highest BCUT2D eigenvalue weighted by atomic mass is 19.1. The van der Waals surface area contributed by atoms with Crippen molar-refractivity contribution in [3.8, 4) is 0 Å². The molecule has 29 heavy (non-hydrogen) atoms. The van der Waals surface area contributed by atoms with Crippen LogP contribution in [0.2, 0.25) is 0 Å². The lowest BCUT2D eigenvalue weighted by atomic mass is 9.34. The van der Waals surface area contributed by atoms with Crippen LogP contribution in [0.4, 0.5) is 4.39 Å². The summed E-state index contributed by atoms with van der Waals surface area (Å²) in [5.41, 5.74) is 1.99. The van der Waals surface area contributed by atoms with Gasteiger partial charge in [0.05, 0.1) is 23.2 Å². The smallest absolute Gasteiger partial charge is 0.249 e. The highest BCUT2D eigenvalue weighted by molar-refractivity contribution is 5.88. The third-order valence-electron chi connectivity index (χ3n) is 6.92. The van der Waals surface area contributed by atoms with Crippen molar-refractivity contribution < 1.29 is 9.18 Å². The quantitative estimate of drug-likeness (QED) is 0.669. The Bertz CT molecular complexity index is 1130. The second-order valence-electron chi connectivity index (χ2n) is 8.92. The molecule has 3 fully saturated rings. The van der Waals surface area contributed by atoms with Crippen molar-refractivity contribution in [3.05, 3.63) is 66.1 Å². The number of halogens is 1. The maximum atomic E-state index is 13.3. The summed E-state index contributed by atoms with van der Waals surface area (Å²) in [6, 6.07) is 14.5. The summed E-state index contributed by atoms with van der Waals surface area (Å²) in [4.78, 5) is 13.3. The zero-order valence-electron chi connectivity index (χ0n) is 16.0. The van der Waals surface area contributed by atoms with Crippen LogP contribution < -0.4 is 0 Å². The average molecular weight is 388 g/mol. The second-order valence-corrected chi connectivity index (χ2v) is 8.92. The average Bonchev–Trinajstić information content (AvgIpc) is 3.31. The van der Waals surface area contributed by atoms with Gasteiger partial charge in [-0.25, -0.2) is 9.40 Å². The van der Waals surface area contributed by atoms with Crippen LogP contribution in [0.25, 0.3) is 10.9 Å². The van der Waals surface area contributed by atoms with E-state index < -0.39 is 0 Å². The summed E-state index contributed by atoms with van der Waals surface area (Å²) < 4.78 is 15.3. The minimum atomic E-state index is -0.275. The number of benzene rings is 2. The number of rotatable bonds is 4. The van der Waals surface area contributed by atoms with E-state index in [4.69, 9.17) is 0 Å². The molecule has 7 rings (SSSR count). The molecule has 3 aliphatic carbocycles. The molecule has 3 saturated carbocycles. The van der Waals surface area contributed by atoms with Crippen LogP contribution in [0.1, 0.15) is 37.3 Å². The molecule has 1 aromatic heterocycles. The van der Waals surface area contributed by atoms with Crippen molar-refractivity contribution in [1.29, 1.82) is 0 Å². The Balaban J connectivity index is 1.17. The van der Waals surface area contributed by atoms with Gasteiger partial charge in [-0.2, -0.15) is 10.2 Å². The normalized spacial score (nSPS) is 29.7. The molecule has 5 nitrogen and oxygen atoms in total. The van der Waals surface area contributed by atoms with Crippen molar-refractivity contribution in [2.24, 2.45) is 15.9 Å². The molecule has 1 amide bonds. The van der Waals surface area contributed by atoms with Gasteiger partial charge < -0.3 is 0 Å². The van der Waals surface area contributed by atoms with Crippen LogP contribution in [-0.4, -0.2) is 26.9 Å². The van der Waals surface area contributed by atoms with Gasteiger partial charge in [-0.3, -0.25) is 9.48 Å². The number of hydrazone groups is 1. The molecule has 0 spiro atoms. The van der Waals surface area contributed by atoms with E-state index in [2.05, 4.69) is 27.0 Å². The molecule has 1 unspecified atom stereocenters. The van der Waals surface area contributed by atoms with Crippen LogP contribution in [-0.2, 0) is 11.3 Å². The Hall–Kier alpha value is -3.02. The molecule has 1 atom stereocenters. The largest absolute Gasteiger partial charge is 0.272 e. The van der Waals surface area contributed by atoms with Gasteiger partial charge in [0.15, 0.2) is 0 Å². The third-order valence-corrected chi connectivity index (χ3v) is 6.92. The van der Waals surface area contributed by atoms with E-state index in [1.165, 1.54) is 12.1 Å². The molecule has 2 bridgehead atoms. The predicted octanol–water partition coefficient (Wildman–Crippen LogP) is 4.31. The number of carbonyl (C=O) groups is 1. The number of aromatic nitrogens is 2. The SMILES string of the molecule is O=C(N1N=CCC1c1ccc(F)cc1)C12CC(Cn3ncc4ccccc43)(C1)C2. The first kappa shape index (κ1) is 16.9. The van der Waals surface area contributed by atoms with Crippen molar-refractivity contribution >= 4 is 23.0 Å². The van der Waals surface area contributed by atoms with Gasteiger partial charge in [0.2, 0.25) is 5.91 Å². The lowest BCUT2D eigenvalue weighted by Crippen LogP contribution is -2.68. The fraction of sp³-hybridized carbons (Fsp3) is 0.348. The molecule has 0 saturated heterocycles. The fourth-order valence-electron chi connectivity index (χ4n) is 5.68. The zero-order chi connectivity index (χ0) is 19.6. The first-order valence-corrected chi connectivity index (χ1v) is 10.1.